The predicted molar refractivity (Wildman–Crippen MR) is 69.6 cm³/mol. The summed E-state index contributed by atoms with van der Waals surface area (Å²) in [6.45, 7) is 3.14. The van der Waals surface area contributed by atoms with Crippen molar-refractivity contribution in [3.63, 3.8) is 0 Å². The van der Waals surface area contributed by atoms with E-state index in [1.54, 1.807) is 0 Å². The minimum atomic E-state index is -0.390. The fourth-order valence-corrected chi connectivity index (χ4v) is 1.73. The summed E-state index contributed by atoms with van der Waals surface area (Å²) >= 11 is 0. The van der Waals surface area contributed by atoms with Crippen LogP contribution < -0.4 is 11.1 Å². The molecule has 0 saturated carbocycles. The van der Waals surface area contributed by atoms with Crippen LogP contribution in [-0.4, -0.2) is 29.2 Å². The van der Waals surface area contributed by atoms with Gasteiger partial charge in [0.25, 0.3) is 5.91 Å². The molecule has 1 rings (SSSR count). The van der Waals surface area contributed by atoms with Gasteiger partial charge < -0.3 is 21.3 Å². The average molecular weight is 252 g/mol. The first-order valence-corrected chi connectivity index (χ1v) is 6.09. The number of nitrogens with two attached hydrogens (primary N) is 1. The van der Waals surface area contributed by atoms with E-state index in [2.05, 4.69) is 5.32 Å². The molecule has 1 atom stereocenters. The van der Waals surface area contributed by atoms with Crippen LogP contribution in [0.5, 0.6) is 11.5 Å². The summed E-state index contributed by atoms with van der Waals surface area (Å²) < 4.78 is 0. The van der Waals surface area contributed by atoms with E-state index in [-0.39, 0.29) is 23.0 Å². The number of benzene rings is 1. The Hall–Kier alpha value is -1.75. The van der Waals surface area contributed by atoms with Gasteiger partial charge in [-0.2, -0.15) is 0 Å². The first kappa shape index (κ1) is 14.3. The van der Waals surface area contributed by atoms with Crippen LogP contribution >= 0.6 is 0 Å². The van der Waals surface area contributed by atoms with Gasteiger partial charge in [0.15, 0.2) is 11.5 Å². The van der Waals surface area contributed by atoms with Gasteiger partial charge in [-0.15, -0.1) is 0 Å². The van der Waals surface area contributed by atoms with Crippen molar-refractivity contribution in [1.29, 1.82) is 0 Å². The molecule has 0 aromatic heterocycles. The molecule has 0 bridgehead atoms. The highest BCUT2D eigenvalue weighted by molar-refractivity contribution is 5.97. The molecule has 0 aliphatic carbocycles. The first-order chi connectivity index (χ1) is 8.60. The van der Waals surface area contributed by atoms with Crippen molar-refractivity contribution >= 4 is 5.91 Å². The van der Waals surface area contributed by atoms with Crippen LogP contribution in [-0.2, 0) is 0 Å². The molecule has 0 fully saturated rings. The van der Waals surface area contributed by atoms with Crippen LogP contribution in [0, 0.1) is 5.92 Å². The average Bonchev–Trinajstić information content (AvgIpc) is 2.37. The maximum atomic E-state index is 11.8. The SMILES string of the molecule is CCC(CCN)CNC(=O)c1cccc(O)c1O. The third-order valence-corrected chi connectivity index (χ3v) is 2.96. The van der Waals surface area contributed by atoms with Gasteiger partial charge in [-0.25, -0.2) is 0 Å². The highest BCUT2D eigenvalue weighted by atomic mass is 16.3. The molecule has 18 heavy (non-hydrogen) atoms. The number of rotatable bonds is 6. The lowest BCUT2D eigenvalue weighted by Crippen LogP contribution is -2.30. The fourth-order valence-electron chi connectivity index (χ4n) is 1.73. The van der Waals surface area contributed by atoms with Crippen LogP contribution in [0.1, 0.15) is 30.1 Å². The van der Waals surface area contributed by atoms with Crippen molar-refractivity contribution in [2.75, 3.05) is 13.1 Å². The van der Waals surface area contributed by atoms with E-state index in [0.29, 0.717) is 19.0 Å². The molecule has 0 spiro atoms. The highest BCUT2D eigenvalue weighted by Crippen LogP contribution is 2.27. The molecule has 5 heteroatoms. The second-order valence-corrected chi connectivity index (χ2v) is 4.23. The molecule has 0 heterocycles. The number of phenolic OH excluding ortho intramolecular Hbond substituents is 2. The number of amides is 1. The lowest BCUT2D eigenvalue weighted by molar-refractivity contribution is 0.0943. The second kappa shape index (κ2) is 6.86. The van der Waals surface area contributed by atoms with Gasteiger partial charge in [0, 0.05) is 6.54 Å². The largest absolute Gasteiger partial charge is 0.504 e. The van der Waals surface area contributed by atoms with Crippen LogP contribution in [0.15, 0.2) is 18.2 Å². The Morgan fingerprint density at radius 3 is 2.78 bits per heavy atom. The van der Waals surface area contributed by atoms with E-state index in [4.69, 9.17) is 5.73 Å². The van der Waals surface area contributed by atoms with Crippen molar-refractivity contribution in [2.24, 2.45) is 11.7 Å². The van der Waals surface area contributed by atoms with Crippen molar-refractivity contribution in [1.82, 2.24) is 5.32 Å². The Balaban J connectivity index is 2.62. The quantitative estimate of drug-likeness (QED) is 0.572. The smallest absolute Gasteiger partial charge is 0.255 e. The fraction of sp³-hybridized carbons (Fsp3) is 0.462. The second-order valence-electron chi connectivity index (χ2n) is 4.23. The van der Waals surface area contributed by atoms with Crippen molar-refractivity contribution < 1.29 is 15.0 Å². The highest BCUT2D eigenvalue weighted by Gasteiger charge is 2.14. The number of hydrogen-bond acceptors (Lipinski definition) is 4. The molecule has 100 valence electrons. The van der Waals surface area contributed by atoms with E-state index in [1.165, 1.54) is 18.2 Å². The molecular formula is C13H20N2O3. The van der Waals surface area contributed by atoms with Crippen LogP contribution in [0.3, 0.4) is 0 Å². The zero-order valence-electron chi connectivity index (χ0n) is 10.5. The van der Waals surface area contributed by atoms with Crippen LogP contribution in [0.4, 0.5) is 0 Å². The molecule has 0 aliphatic rings. The maximum absolute atomic E-state index is 11.8. The third-order valence-electron chi connectivity index (χ3n) is 2.96. The molecule has 1 aromatic carbocycles. The van der Waals surface area contributed by atoms with E-state index in [9.17, 15) is 15.0 Å². The van der Waals surface area contributed by atoms with Gasteiger partial charge in [-0.05, 0) is 31.0 Å². The standard InChI is InChI=1S/C13H20N2O3/c1-2-9(6-7-14)8-15-13(18)10-4-3-5-11(16)12(10)17/h3-5,9,16-17H,2,6-8,14H2,1H3,(H,15,18). The number of nitrogens with one attached hydrogen (secondary N) is 1. The minimum Gasteiger partial charge on any atom is -0.504 e. The Morgan fingerprint density at radius 1 is 1.44 bits per heavy atom. The Bertz CT molecular complexity index is 407. The molecule has 0 radical (unpaired) electrons. The molecule has 1 aromatic rings. The third kappa shape index (κ3) is 3.63. The van der Waals surface area contributed by atoms with E-state index in [1.807, 2.05) is 6.92 Å². The van der Waals surface area contributed by atoms with Gasteiger partial charge in [-0.3, -0.25) is 4.79 Å². The van der Waals surface area contributed by atoms with E-state index < -0.39 is 0 Å². The van der Waals surface area contributed by atoms with Crippen molar-refractivity contribution in [3.05, 3.63) is 23.8 Å². The van der Waals surface area contributed by atoms with Gasteiger partial charge in [-0.1, -0.05) is 19.4 Å². The monoisotopic (exact) mass is 252 g/mol. The zero-order valence-corrected chi connectivity index (χ0v) is 10.5. The van der Waals surface area contributed by atoms with Crippen LogP contribution in [0.2, 0.25) is 0 Å². The molecule has 1 unspecified atom stereocenters. The van der Waals surface area contributed by atoms with Gasteiger partial charge >= 0.3 is 0 Å². The summed E-state index contributed by atoms with van der Waals surface area (Å²) in [4.78, 5) is 11.8. The molecule has 1 amide bonds. The van der Waals surface area contributed by atoms with Gasteiger partial charge in [0.05, 0.1) is 5.56 Å². The minimum absolute atomic E-state index is 0.0811. The number of phenols is 2. The molecular weight excluding hydrogens is 232 g/mol. The number of para-hydroxylation sites is 1. The molecule has 0 aliphatic heterocycles. The number of aromatic hydroxyl groups is 2. The summed E-state index contributed by atoms with van der Waals surface area (Å²) in [6, 6.07) is 4.31. The molecule has 0 saturated heterocycles. The summed E-state index contributed by atoms with van der Waals surface area (Å²) in [5.74, 6) is -0.740. The Labute approximate surface area is 107 Å². The lowest BCUT2D eigenvalue weighted by atomic mass is 10.0. The van der Waals surface area contributed by atoms with E-state index >= 15 is 0 Å². The van der Waals surface area contributed by atoms with E-state index in [0.717, 1.165) is 12.8 Å². The zero-order chi connectivity index (χ0) is 13.5. The molecule has 5 N–H and O–H groups in total. The van der Waals surface area contributed by atoms with Crippen molar-refractivity contribution in [2.45, 2.75) is 19.8 Å². The summed E-state index contributed by atoms with van der Waals surface area (Å²) in [5.41, 5.74) is 5.56. The summed E-state index contributed by atoms with van der Waals surface area (Å²) in [5, 5.41) is 21.6. The summed E-state index contributed by atoms with van der Waals surface area (Å²) in [6.07, 6.45) is 1.78. The summed E-state index contributed by atoms with van der Waals surface area (Å²) in [7, 11) is 0. The lowest BCUT2D eigenvalue weighted by Gasteiger charge is -2.15. The Kier molecular flexibility index (Phi) is 5.45. The Morgan fingerprint density at radius 2 is 2.17 bits per heavy atom. The number of hydrogen-bond donors (Lipinski definition) is 4. The molecule has 5 nitrogen and oxygen atoms in total. The van der Waals surface area contributed by atoms with Crippen LogP contribution in [0.25, 0.3) is 0 Å². The number of carbonyl (C=O) groups excluding carboxylic acids is 1. The number of carbonyl (C=O) groups is 1. The van der Waals surface area contributed by atoms with Gasteiger partial charge in [0.2, 0.25) is 0 Å². The maximum Gasteiger partial charge on any atom is 0.255 e. The van der Waals surface area contributed by atoms with Crippen molar-refractivity contribution in [3.8, 4) is 11.5 Å². The first-order valence-electron chi connectivity index (χ1n) is 6.09. The normalized spacial score (nSPS) is 12.1. The predicted octanol–water partition coefficient (Wildman–Crippen LogP) is 1.20. The topological polar surface area (TPSA) is 95.6 Å². The van der Waals surface area contributed by atoms with Gasteiger partial charge in [0.1, 0.15) is 0 Å².